The molecule has 1 aromatic heterocycles. The number of fused-ring (bicyclic) bond motifs is 1. The van der Waals surface area contributed by atoms with Gasteiger partial charge in [-0.1, -0.05) is 19.1 Å². The summed E-state index contributed by atoms with van der Waals surface area (Å²) in [5.74, 6) is -1.23. The molecule has 8 heteroatoms. The van der Waals surface area contributed by atoms with Crippen LogP contribution in [0.3, 0.4) is 0 Å². The molecule has 0 unspecified atom stereocenters. The molecule has 3 N–H and O–H groups in total. The van der Waals surface area contributed by atoms with E-state index in [1.807, 2.05) is 0 Å². The molecule has 138 valence electrons. The van der Waals surface area contributed by atoms with Crippen molar-refractivity contribution in [3.63, 3.8) is 0 Å². The van der Waals surface area contributed by atoms with E-state index in [0.717, 1.165) is 36.1 Å². The Labute approximate surface area is 156 Å². The van der Waals surface area contributed by atoms with E-state index in [9.17, 15) is 18.0 Å². The molecule has 1 aliphatic rings. The number of aryl methyl sites for hydroxylation is 1. The number of primary amides is 1. The second kappa shape index (κ2) is 7.20. The molecule has 6 nitrogen and oxygen atoms in total. The van der Waals surface area contributed by atoms with Crippen LogP contribution in [-0.2, 0) is 22.7 Å². The Balaban J connectivity index is 2.00. The van der Waals surface area contributed by atoms with E-state index in [4.69, 9.17) is 5.73 Å². The summed E-state index contributed by atoms with van der Waals surface area (Å²) in [7, 11) is -3.54. The molecule has 0 spiro atoms. The Kier molecular flexibility index (Phi) is 5.15. The minimum Gasteiger partial charge on any atom is -0.365 e. The summed E-state index contributed by atoms with van der Waals surface area (Å²) in [5.41, 5.74) is 6.88. The Bertz CT molecular complexity index is 977. The molecule has 2 amide bonds. The van der Waals surface area contributed by atoms with Crippen LogP contribution in [0.25, 0.3) is 0 Å². The van der Waals surface area contributed by atoms with Crippen LogP contribution in [0, 0.1) is 0 Å². The highest BCUT2D eigenvalue weighted by Gasteiger charge is 2.27. The third kappa shape index (κ3) is 3.39. The van der Waals surface area contributed by atoms with Crippen molar-refractivity contribution in [2.24, 2.45) is 5.73 Å². The van der Waals surface area contributed by atoms with Gasteiger partial charge in [-0.2, -0.15) is 0 Å². The van der Waals surface area contributed by atoms with Crippen LogP contribution in [0.2, 0.25) is 0 Å². The molecule has 0 bridgehead atoms. The Morgan fingerprint density at radius 2 is 1.88 bits per heavy atom. The van der Waals surface area contributed by atoms with Crippen molar-refractivity contribution in [2.45, 2.75) is 37.5 Å². The van der Waals surface area contributed by atoms with Gasteiger partial charge in [0.2, 0.25) is 0 Å². The molecule has 0 fully saturated rings. The number of carbonyl (C=O) groups excluding carboxylic acids is 2. The number of thiophene rings is 1. The standard InChI is InChI=1S/C18H20N2O4S2/c1-2-26(23,24)14-10-6-4-8-12(14)17(22)20-18-15(16(19)21)11-7-3-5-9-13(11)25-18/h4,6,8,10H,2-3,5,7,9H2,1H3,(H2,19,21)(H,20,22). The highest BCUT2D eigenvalue weighted by atomic mass is 32.2. The third-order valence-corrected chi connectivity index (χ3v) is 7.48. The molecule has 0 aliphatic heterocycles. The van der Waals surface area contributed by atoms with Crippen LogP contribution in [0.1, 0.15) is 50.9 Å². The van der Waals surface area contributed by atoms with Gasteiger partial charge >= 0.3 is 0 Å². The van der Waals surface area contributed by atoms with Crippen LogP contribution in [0.5, 0.6) is 0 Å². The lowest BCUT2D eigenvalue weighted by Gasteiger charge is -2.11. The van der Waals surface area contributed by atoms with Crippen LogP contribution < -0.4 is 11.1 Å². The predicted molar refractivity (Wildman–Crippen MR) is 102 cm³/mol. The number of amides is 2. The van der Waals surface area contributed by atoms with Crippen molar-refractivity contribution < 1.29 is 18.0 Å². The van der Waals surface area contributed by atoms with Crippen molar-refractivity contribution in [3.05, 3.63) is 45.8 Å². The zero-order valence-corrected chi connectivity index (χ0v) is 16.0. The number of hydrogen-bond acceptors (Lipinski definition) is 5. The van der Waals surface area contributed by atoms with Gasteiger partial charge in [0, 0.05) is 4.88 Å². The van der Waals surface area contributed by atoms with E-state index >= 15 is 0 Å². The Morgan fingerprint density at radius 1 is 1.19 bits per heavy atom. The molecule has 0 saturated heterocycles. The zero-order chi connectivity index (χ0) is 18.9. The lowest BCUT2D eigenvalue weighted by Crippen LogP contribution is -2.20. The molecule has 0 atom stereocenters. The molecule has 3 rings (SSSR count). The first-order valence-electron chi connectivity index (χ1n) is 8.42. The molecule has 0 radical (unpaired) electrons. The van der Waals surface area contributed by atoms with Gasteiger partial charge in [-0.15, -0.1) is 11.3 Å². The van der Waals surface area contributed by atoms with Gasteiger partial charge in [-0.25, -0.2) is 8.42 Å². The molecular weight excluding hydrogens is 372 g/mol. The molecule has 0 saturated carbocycles. The Hall–Kier alpha value is -2.19. The number of sulfone groups is 1. The second-order valence-electron chi connectivity index (χ2n) is 6.13. The number of nitrogens with two attached hydrogens (primary N) is 1. The maximum atomic E-state index is 12.8. The molecule has 26 heavy (non-hydrogen) atoms. The lowest BCUT2D eigenvalue weighted by atomic mass is 9.95. The SMILES string of the molecule is CCS(=O)(=O)c1ccccc1C(=O)Nc1sc2c(c1C(N)=O)CCCC2. The molecular formula is C18H20N2O4S2. The molecule has 1 aliphatic carbocycles. The van der Waals surface area contributed by atoms with Crippen LogP contribution >= 0.6 is 11.3 Å². The number of rotatable bonds is 5. The van der Waals surface area contributed by atoms with E-state index in [-0.39, 0.29) is 16.2 Å². The number of benzene rings is 1. The second-order valence-corrected chi connectivity index (χ2v) is 9.48. The summed E-state index contributed by atoms with van der Waals surface area (Å²) in [4.78, 5) is 25.7. The summed E-state index contributed by atoms with van der Waals surface area (Å²) in [6.45, 7) is 1.53. The minimum absolute atomic E-state index is 0.0121. The van der Waals surface area contributed by atoms with Crippen LogP contribution in [0.4, 0.5) is 5.00 Å². The summed E-state index contributed by atoms with van der Waals surface area (Å²) in [6, 6.07) is 6.08. The first-order valence-corrected chi connectivity index (χ1v) is 10.9. The van der Waals surface area contributed by atoms with Gasteiger partial charge in [0.15, 0.2) is 9.84 Å². The largest absolute Gasteiger partial charge is 0.365 e. The highest BCUT2D eigenvalue weighted by Crippen LogP contribution is 2.38. The molecule has 1 heterocycles. The highest BCUT2D eigenvalue weighted by molar-refractivity contribution is 7.91. The normalized spacial score (nSPS) is 13.9. The summed E-state index contributed by atoms with van der Waals surface area (Å²) < 4.78 is 24.5. The summed E-state index contributed by atoms with van der Waals surface area (Å²) >= 11 is 1.35. The third-order valence-electron chi connectivity index (χ3n) is 4.49. The smallest absolute Gasteiger partial charge is 0.257 e. The average Bonchev–Trinajstić information content (AvgIpc) is 2.99. The predicted octanol–water partition coefficient (Wildman–Crippen LogP) is 2.77. The van der Waals surface area contributed by atoms with E-state index in [2.05, 4.69) is 5.32 Å². The molecule has 1 aromatic carbocycles. The van der Waals surface area contributed by atoms with Gasteiger partial charge in [0.05, 0.1) is 21.8 Å². The zero-order valence-electron chi connectivity index (χ0n) is 14.4. The fourth-order valence-corrected chi connectivity index (χ4v) is 5.55. The molecule has 2 aromatic rings. The monoisotopic (exact) mass is 392 g/mol. The fraction of sp³-hybridized carbons (Fsp3) is 0.333. The first kappa shape index (κ1) is 18.6. The van der Waals surface area contributed by atoms with E-state index in [0.29, 0.717) is 10.6 Å². The number of nitrogens with one attached hydrogen (secondary N) is 1. The van der Waals surface area contributed by atoms with Crippen LogP contribution in [0.15, 0.2) is 29.2 Å². The maximum absolute atomic E-state index is 12.8. The van der Waals surface area contributed by atoms with Crippen molar-refractivity contribution in [1.29, 1.82) is 0 Å². The average molecular weight is 393 g/mol. The topological polar surface area (TPSA) is 106 Å². The van der Waals surface area contributed by atoms with Crippen molar-refractivity contribution in [1.82, 2.24) is 0 Å². The van der Waals surface area contributed by atoms with Crippen molar-refractivity contribution in [3.8, 4) is 0 Å². The minimum atomic E-state index is -3.54. The Morgan fingerprint density at radius 3 is 2.58 bits per heavy atom. The van der Waals surface area contributed by atoms with Gasteiger partial charge in [-0.05, 0) is 43.4 Å². The van der Waals surface area contributed by atoms with E-state index in [1.54, 1.807) is 12.1 Å². The van der Waals surface area contributed by atoms with Crippen molar-refractivity contribution >= 4 is 38.0 Å². The first-order chi connectivity index (χ1) is 12.3. The van der Waals surface area contributed by atoms with E-state index < -0.39 is 21.7 Å². The van der Waals surface area contributed by atoms with Gasteiger partial charge < -0.3 is 11.1 Å². The summed E-state index contributed by atoms with van der Waals surface area (Å²) in [5, 5.41) is 3.12. The number of carbonyl (C=O) groups is 2. The van der Waals surface area contributed by atoms with E-state index in [1.165, 1.54) is 30.4 Å². The maximum Gasteiger partial charge on any atom is 0.257 e. The lowest BCUT2D eigenvalue weighted by molar-refractivity contribution is 0.100. The van der Waals surface area contributed by atoms with Crippen LogP contribution in [-0.4, -0.2) is 26.0 Å². The summed E-state index contributed by atoms with van der Waals surface area (Å²) in [6.07, 6.45) is 3.64. The fourth-order valence-electron chi connectivity index (χ4n) is 3.17. The number of hydrogen-bond donors (Lipinski definition) is 2. The van der Waals surface area contributed by atoms with Gasteiger partial charge in [0.25, 0.3) is 11.8 Å². The quantitative estimate of drug-likeness (QED) is 0.816. The number of anilines is 1. The van der Waals surface area contributed by atoms with Gasteiger partial charge in [-0.3, -0.25) is 9.59 Å². The van der Waals surface area contributed by atoms with Crippen molar-refractivity contribution in [2.75, 3.05) is 11.1 Å². The van der Waals surface area contributed by atoms with Gasteiger partial charge in [0.1, 0.15) is 5.00 Å².